The summed E-state index contributed by atoms with van der Waals surface area (Å²) in [6.45, 7) is 2.86. The average Bonchev–Trinajstić information content (AvgIpc) is 2.09. The third kappa shape index (κ3) is 1.84. The number of carbonyl (C=O) groups is 1. The summed E-state index contributed by atoms with van der Waals surface area (Å²) in [7, 11) is 0. The van der Waals surface area contributed by atoms with Gasteiger partial charge >= 0.3 is 5.97 Å². The van der Waals surface area contributed by atoms with Gasteiger partial charge in [0, 0.05) is 12.6 Å². The van der Waals surface area contributed by atoms with Crippen LogP contribution in [0.4, 0.5) is 0 Å². The molecule has 0 radical (unpaired) electrons. The summed E-state index contributed by atoms with van der Waals surface area (Å²) in [6, 6.07) is -0.362. The fourth-order valence-electron chi connectivity index (χ4n) is 1.94. The highest BCUT2D eigenvalue weighted by Crippen LogP contribution is 2.34. The van der Waals surface area contributed by atoms with Crippen LogP contribution in [-0.4, -0.2) is 30.3 Å². The van der Waals surface area contributed by atoms with Gasteiger partial charge in [-0.2, -0.15) is 0 Å². The van der Waals surface area contributed by atoms with E-state index in [0.717, 1.165) is 6.42 Å². The highest BCUT2D eigenvalue weighted by Gasteiger charge is 2.45. The molecule has 0 saturated carbocycles. The van der Waals surface area contributed by atoms with E-state index in [-0.39, 0.29) is 6.04 Å². The molecule has 1 aliphatic rings. The van der Waals surface area contributed by atoms with Crippen LogP contribution < -0.4 is 5.73 Å². The smallest absolute Gasteiger partial charge is 0.311 e. The van der Waals surface area contributed by atoms with Crippen molar-refractivity contribution in [2.45, 2.75) is 32.2 Å². The Labute approximate surface area is 78.1 Å². The molecule has 1 aliphatic heterocycles. The molecule has 0 bridgehead atoms. The Hall–Kier alpha value is -0.610. The third-order valence-corrected chi connectivity index (χ3v) is 2.82. The van der Waals surface area contributed by atoms with Gasteiger partial charge in [0.25, 0.3) is 0 Å². The van der Waals surface area contributed by atoms with Gasteiger partial charge in [0.05, 0.1) is 12.0 Å². The zero-order valence-corrected chi connectivity index (χ0v) is 7.95. The SMILES string of the molecule is CCCC1(C(=O)O)CCOCC1N. The van der Waals surface area contributed by atoms with Crippen LogP contribution in [0.25, 0.3) is 0 Å². The highest BCUT2D eigenvalue weighted by atomic mass is 16.5. The van der Waals surface area contributed by atoms with Crippen molar-refractivity contribution >= 4 is 5.97 Å². The summed E-state index contributed by atoms with van der Waals surface area (Å²) >= 11 is 0. The van der Waals surface area contributed by atoms with E-state index in [9.17, 15) is 4.79 Å². The summed E-state index contributed by atoms with van der Waals surface area (Å²) in [5, 5.41) is 9.15. The number of hydrogen-bond acceptors (Lipinski definition) is 3. The fraction of sp³-hybridized carbons (Fsp3) is 0.889. The summed E-state index contributed by atoms with van der Waals surface area (Å²) < 4.78 is 5.15. The zero-order chi connectivity index (χ0) is 9.90. The maximum Gasteiger partial charge on any atom is 0.311 e. The standard InChI is InChI=1S/C9H17NO3/c1-2-3-9(8(11)12)4-5-13-6-7(9)10/h7H,2-6,10H2,1H3,(H,11,12). The summed E-state index contributed by atoms with van der Waals surface area (Å²) in [5.74, 6) is -0.773. The van der Waals surface area contributed by atoms with Gasteiger partial charge in [0.1, 0.15) is 0 Å². The molecule has 13 heavy (non-hydrogen) atoms. The van der Waals surface area contributed by atoms with E-state index in [1.54, 1.807) is 0 Å². The largest absolute Gasteiger partial charge is 0.481 e. The van der Waals surface area contributed by atoms with Crippen LogP contribution in [0.2, 0.25) is 0 Å². The molecule has 76 valence electrons. The molecule has 3 N–H and O–H groups in total. The molecule has 1 rings (SSSR count). The maximum absolute atomic E-state index is 11.1. The van der Waals surface area contributed by atoms with E-state index in [4.69, 9.17) is 15.6 Å². The topological polar surface area (TPSA) is 72.5 Å². The number of rotatable bonds is 3. The second-order valence-corrected chi connectivity index (χ2v) is 3.64. The Bertz CT molecular complexity index is 191. The lowest BCUT2D eigenvalue weighted by Gasteiger charge is -2.38. The predicted molar refractivity (Wildman–Crippen MR) is 48.4 cm³/mol. The van der Waals surface area contributed by atoms with E-state index in [1.165, 1.54) is 0 Å². The minimum Gasteiger partial charge on any atom is -0.481 e. The van der Waals surface area contributed by atoms with E-state index in [0.29, 0.717) is 26.1 Å². The van der Waals surface area contributed by atoms with Crippen molar-refractivity contribution in [3.63, 3.8) is 0 Å². The maximum atomic E-state index is 11.1. The Kier molecular flexibility index (Phi) is 3.27. The van der Waals surface area contributed by atoms with Crippen LogP contribution in [0, 0.1) is 5.41 Å². The highest BCUT2D eigenvalue weighted by molar-refractivity contribution is 5.75. The normalized spacial score (nSPS) is 34.5. The van der Waals surface area contributed by atoms with Crippen LogP contribution in [-0.2, 0) is 9.53 Å². The van der Waals surface area contributed by atoms with Gasteiger partial charge in [-0.15, -0.1) is 0 Å². The molecular weight excluding hydrogens is 170 g/mol. The van der Waals surface area contributed by atoms with Crippen molar-refractivity contribution in [2.75, 3.05) is 13.2 Å². The molecule has 4 nitrogen and oxygen atoms in total. The van der Waals surface area contributed by atoms with E-state index in [2.05, 4.69) is 0 Å². The molecule has 0 aromatic heterocycles. The number of carboxylic acid groups (broad SMARTS) is 1. The Balaban J connectivity index is 2.79. The van der Waals surface area contributed by atoms with Gasteiger partial charge in [0.15, 0.2) is 0 Å². The molecule has 4 heteroatoms. The van der Waals surface area contributed by atoms with Gasteiger partial charge in [-0.25, -0.2) is 0 Å². The number of aliphatic carboxylic acids is 1. The molecule has 0 aromatic rings. The molecule has 1 fully saturated rings. The molecule has 0 aromatic carbocycles. The number of nitrogens with two attached hydrogens (primary N) is 1. The van der Waals surface area contributed by atoms with E-state index < -0.39 is 11.4 Å². The zero-order valence-electron chi connectivity index (χ0n) is 7.95. The quantitative estimate of drug-likeness (QED) is 0.678. The van der Waals surface area contributed by atoms with E-state index in [1.807, 2.05) is 6.92 Å². The molecule has 1 saturated heterocycles. The lowest BCUT2D eigenvalue weighted by molar-refractivity contribution is -0.157. The van der Waals surface area contributed by atoms with Crippen molar-refractivity contribution in [3.05, 3.63) is 0 Å². The van der Waals surface area contributed by atoms with Crippen molar-refractivity contribution in [1.29, 1.82) is 0 Å². The molecular formula is C9H17NO3. The van der Waals surface area contributed by atoms with Gasteiger partial charge in [-0.1, -0.05) is 13.3 Å². The van der Waals surface area contributed by atoms with Crippen molar-refractivity contribution in [1.82, 2.24) is 0 Å². The average molecular weight is 187 g/mol. The van der Waals surface area contributed by atoms with Gasteiger partial charge in [-0.3, -0.25) is 4.79 Å². The van der Waals surface area contributed by atoms with Gasteiger partial charge < -0.3 is 15.6 Å². The first kappa shape index (κ1) is 10.5. The molecule has 2 atom stereocenters. The first-order valence-electron chi connectivity index (χ1n) is 4.70. The van der Waals surface area contributed by atoms with Gasteiger partial charge in [-0.05, 0) is 12.8 Å². The lowest BCUT2D eigenvalue weighted by atomic mass is 9.73. The monoisotopic (exact) mass is 187 g/mol. The Morgan fingerprint density at radius 3 is 2.92 bits per heavy atom. The van der Waals surface area contributed by atoms with Crippen LogP contribution in [0.5, 0.6) is 0 Å². The Morgan fingerprint density at radius 1 is 1.77 bits per heavy atom. The second kappa shape index (κ2) is 4.07. The predicted octanol–water partition coefficient (Wildman–Crippen LogP) is 0.605. The second-order valence-electron chi connectivity index (χ2n) is 3.64. The van der Waals surface area contributed by atoms with Crippen LogP contribution in [0.15, 0.2) is 0 Å². The number of hydrogen-bond donors (Lipinski definition) is 2. The van der Waals surface area contributed by atoms with Crippen molar-refractivity contribution in [3.8, 4) is 0 Å². The molecule has 0 amide bonds. The number of ether oxygens (including phenoxy) is 1. The fourth-order valence-corrected chi connectivity index (χ4v) is 1.94. The molecule has 0 aliphatic carbocycles. The number of carboxylic acids is 1. The van der Waals surface area contributed by atoms with Crippen LogP contribution in [0.3, 0.4) is 0 Å². The van der Waals surface area contributed by atoms with E-state index >= 15 is 0 Å². The summed E-state index contributed by atoms with van der Waals surface area (Å²) in [5.41, 5.74) is 5.05. The van der Waals surface area contributed by atoms with Crippen LogP contribution in [0.1, 0.15) is 26.2 Å². The Morgan fingerprint density at radius 2 is 2.46 bits per heavy atom. The molecule has 0 spiro atoms. The van der Waals surface area contributed by atoms with Gasteiger partial charge in [0.2, 0.25) is 0 Å². The minimum absolute atomic E-state index is 0.362. The molecule has 1 heterocycles. The van der Waals surface area contributed by atoms with Crippen LogP contribution >= 0.6 is 0 Å². The first-order valence-corrected chi connectivity index (χ1v) is 4.70. The summed E-state index contributed by atoms with van der Waals surface area (Å²) in [4.78, 5) is 11.1. The third-order valence-electron chi connectivity index (χ3n) is 2.82. The summed E-state index contributed by atoms with van der Waals surface area (Å²) in [6.07, 6.45) is 2.03. The molecule has 2 unspecified atom stereocenters. The van der Waals surface area contributed by atoms with Crippen molar-refractivity contribution in [2.24, 2.45) is 11.1 Å². The lowest BCUT2D eigenvalue weighted by Crippen LogP contribution is -2.53. The minimum atomic E-state index is -0.773. The van der Waals surface area contributed by atoms with Crippen molar-refractivity contribution < 1.29 is 14.6 Å². The first-order chi connectivity index (χ1) is 6.13.